The number of fused-ring (bicyclic) bond motifs is 6. The molecule has 7 aliphatic heterocycles. The van der Waals surface area contributed by atoms with Crippen molar-refractivity contribution in [2.24, 2.45) is 11.8 Å². The molecular weight excluding hydrogens is 1920 g/mol. The number of pyridine rings is 1. The first-order valence-corrected chi connectivity index (χ1v) is 52.4. The Labute approximate surface area is 842 Å². The fraction of sp³-hybridized carbons (Fsp3) is 0.828. The summed E-state index contributed by atoms with van der Waals surface area (Å²) in [5.41, 5.74) is -2.72. The summed E-state index contributed by atoms with van der Waals surface area (Å²) in [5.74, 6) is 0.392. The van der Waals surface area contributed by atoms with E-state index in [0.29, 0.717) is 227 Å². The third-order valence-corrected chi connectivity index (χ3v) is 27.0. The average molecular weight is 2070 g/mol. The third-order valence-electron chi connectivity index (χ3n) is 24.7. The molecule has 0 aromatic carbocycles. The van der Waals surface area contributed by atoms with Gasteiger partial charge in [-0.1, -0.05) is 72.0 Å². The van der Waals surface area contributed by atoms with Gasteiger partial charge in [-0.25, -0.2) is 19.0 Å². The second kappa shape index (κ2) is 65.5. The Kier molecular flexibility index (Phi) is 53.5. The Morgan fingerprint density at radius 2 is 0.937 bits per heavy atom. The summed E-state index contributed by atoms with van der Waals surface area (Å²) < 4.78 is 146. The number of nitrogens with one attached hydrogen (secondary N) is 5. The predicted octanol–water partition coefficient (Wildman–Crippen LogP) is 1.20. The molecule has 50 heteroatoms. The highest BCUT2D eigenvalue weighted by Gasteiger charge is 2.61. The molecule has 0 radical (unpaired) electrons. The molecule has 11 rings (SSSR count). The standard InChI is InChI=1S/C93H153N15O33S2/c1-5-75-68(2)82(96-69(3)109)87-137-65-91(75,140-87)62-127-47-44-125-41-39-123-37-35-121-31-25-107-52-72(101-104-107)55-131-60-90(59-130-54-71-51-106(103-100-71)24-30-120-34-33-118-27-17-28-119-43-46-128-63-92-66-136-81(139-92)50-76(111)85(92)116,61-132-56-73-53-108(105-102-73)26-32-122-36-38-124-40-42-126-45-48-129-64-93-67-138-88(141-93)83(97-70(4)110)84(115)86(93)117)99-79(114)20-9-6-13-22-94-77(112)18-10-7-15-29-133-89-134-57-74(58-135-89)98-78(113)19-11-8-16-49-142-143-80-21-12-14-23-95-80/h12,14,21,23,51-53,68,74-76,81-89,111,115-117H,5-11,13,15-20,22,24-50,54-67H2,1-4H3,(H,94,112)(H,96,109)(H,97,110)(H,98,113)(H,99,114). The number of hydrogen-bond donors (Lipinski definition) is 9. The van der Waals surface area contributed by atoms with E-state index in [2.05, 4.69) is 76.4 Å². The average Bonchev–Trinajstić information content (AvgIpc) is 1.61. The molecule has 143 heavy (non-hydrogen) atoms. The normalized spacial score (nSPS) is 25.4. The summed E-state index contributed by atoms with van der Waals surface area (Å²) in [7, 11) is 3.43. The Morgan fingerprint density at radius 1 is 0.476 bits per heavy atom. The zero-order valence-electron chi connectivity index (χ0n) is 83.1. The zero-order chi connectivity index (χ0) is 101. The van der Waals surface area contributed by atoms with Crippen molar-refractivity contribution in [3.63, 3.8) is 0 Å². The number of ether oxygens (including phenoxy) is 24. The quantitative estimate of drug-likeness (QED) is 0.0221. The van der Waals surface area contributed by atoms with Gasteiger partial charge in [-0.2, -0.15) is 0 Å². The first kappa shape index (κ1) is 117. The Morgan fingerprint density at radius 3 is 1.47 bits per heavy atom. The molecule has 15 unspecified atom stereocenters. The highest BCUT2D eigenvalue weighted by atomic mass is 33.1. The Bertz CT molecular complexity index is 4180. The number of nitrogens with zero attached hydrogens (tertiary/aromatic N) is 10. The van der Waals surface area contributed by atoms with Crippen LogP contribution in [0.2, 0.25) is 0 Å². The van der Waals surface area contributed by atoms with Crippen molar-refractivity contribution in [1.29, 1.82) is 0 Å². The number of amides is 5. The van der Waals surface area contributed by atoms with Crippen LogP contribution in [0.1, 0.15) is 141 Å². The van der Waals surface area contributed by atoms with E-state index in [1.54, 1.807) is 60.4 Å². The van der Waals surface area contributed by atoms with E-state index in [1.807, 2.05) is 18.2 Å². The van der Waals surface area contributed by atoms with Crippen LogP contribution in [-0.2, 0) is 177 Å². The lowest BCUT2D eigenvalue weighted by molar-refractivity contribution is -0.315. The lowest BCUT2D eigenvalue weighted by Gasteiger charge is -2.46. The molecule has 6 bridgehead atoms. The molecule has 15 atom stereocenters. The number of unbranched alkanes of at least 4 members (excludes halogenated alkanes) is 6. The number of carbonyl (C=O) groups is 5. The van der Waals surface area contributed by atoms with E-state index < -0.39 is 84.1 Å². The van der Waals surface area contributed by atoms with Crippen molar-refractivity contribution in [3.8, 4) is 0 Å². The van der Waals surface area contributed by atoms with Gasteiger partial charge in [0, 0.05) is 71.2 Å². The molecular formula is C93H153N15O33S2. The summed E-state index contributed by atoms with van der Waals surface area (Å²) in [6.07, 6.45) is 9.72. The molecule has 810 valence electrons. The second-order valence-electron chi connectivity index (χ2n) is 36.4. The fourth-order valence-corrected chi connectivity index (χ4v) is 19.3. The molecule has 4 aromatic heterocycles. The van der Waals surface area contributed by atoms with Gasteiger partial charge >= 0.3 is 0 Å². The largest absolute Gasteiger partial charge is 0.390 e. The topological polar surface area (TPSA) is 553 Å². The van der Waals surface area contributed by atoms with E-state index >= 15 is 0 Å². The van der Waals surface area contributed by atoms with Gasteiger partial charge in [0.05, 0.1) is 281 Å². The molecule has 11 heterocycles. The van der Waals surface area contributed by atoms with Crippen molar-refractivity contribution in [2.45, 2.75) is 259 Å². The monoisotopic (exact) mass is 2070 g/mol. The first-order chi connectivity index (χ1) is 69.7. The van der Waals surface area contributed by atoms with E-state index in [4.69, 9.17) is 114 Å². The van der Waals surface area contributed by atoms with Crippen molar-refractivity contribution < 1.29 is 158 Å². The molecule has 7 aliphatic rings. The molecule has 0 spiro atoms. The summed E-state index contributed by atoms with van der Waals surface area (Å²) >= 11 is 0. The molecule has 5 amide bonds. The Hall–Kier alpha value is -6.50. The van der Waals surface area contributed by atoms with Crippen LogP contribution in [0.4, 0.5) is 0 Å². The molecule has 7 saturated heterocycles. The maximum Gasteiger partial charge on any atom is 0.271 e. The van der Waals surface area contributed by atoms with Gasteiger partial charge in [0.25, 0.3) is 6.48 Å². The van der Waals surface area contributed by atoms with Crippen LogP contribution in [0.15, 0.2) is 48.0 Å². The van der Waals surface area contributed by atoms with Gasteiger partial charge in [0.1, 0.15) is 68.8 Å². The van der Waals surface area contributed by atoms with Crippen LogP contribution in [0.5, 0.6) is 0 Å². The number of aliphatic hydroxyl groups excluding tert-OH is 4. The number of rotatable bonds is 81. The predicted molar refractivity (Wildman–Crippen MR) is 506 cm³/mol. The molecule has 9 N–H and O–H groups in total. The van der Waals surface area contributed by atoms with E-state index in [0.717, 1.165) is 42.9 Å². The van der Waals surface area contributed by atoms with Crippen molar-refractivity contribution in [2.75, 3.05) is 230 Å². The second-order valence-corrected chi connectivity index (χ2v) is 38.8. The fourth-order valence-electron chi connectivity index (χ4n) is 17.2. The van der Waals surface area contributed by atoms with Gasteiger partial charge < -0.3 is 161 Å². The van der Waals surface area contributed by atoms with Crippen LogP contribution < -0.4 is 26.6 Å². The van der Waals surface area contributed by atoms with Gasteiger partial charge in [-0.15, -0.1) is 15.3 Å². The van der Waals surface area contributed by atoms with Gasteiger partial charge in [-0.3, -0.25) is 24.0 Å². The maximum absolute atomic E-state index is 14.4. The lowest BCUT2D eigenvalue weighted by Crippen LogP contribution is -2.66. The molecule has 4 aromatic rings. The summed E-state index contributed by atoms with van der Waals surface area (Å²) in [6.45, 7) is 16.3. The van der Waals surface area contributed by atoms with Crippen molar-refractivity contribution in [1.82, 2.24) is 76.5 Å². The van der Waals surface area contributed by atoms with Crippen LogP contribution in [0, 0.1) is 11.8 Å². The van der Waals surface area contributed by atoms with E-state index in [9.17, 15) is 44.4 Å². The van der Waals surface area contributed by atoms with Crippen molar-refractivity contribution >= 4 is 51.1 Å². The molecule has 48 nitrogen and oxygen atoms in total. The Balaban J connectivity index is 0.599. The number of aliphatic hydroxyl groups is 4. The van der Waals surface area contributed by atoms with E-state index in [1.165, 1.54) is 13.8 Å². The summed E-state index contributed by atoms with van der Waals surface area (Å²) in [4.78, 5) is 67.8. The van der Waals surface area contributed by atoms with Gasteiger partial charge in [0.15, 0.2) is 18.9 Å². The summed E-state index contributed by atoms with van der Waals surface area (Å²) in [6, 6.07) is 4.49. The molecule has 0 saturated carbocycles. The minimum absolute atomic E-state index is 0.00320. The zero-order valence-corrected chi connectivity index (χ0v) is 84.7. The van der Waals surface area contributed by atoms with Gasteiger partial charge in [-0.05, 0) is 79.7 Å². The minimum atomic E-state index is -1.35. The number of hydrogen-bond acceptors (Lipinski definition) is 42. The minimum Gasteiger partial charge on any atom is -0.390 e. The summed E-state index contributed by atoms with van der Waals surface area (Å²) in [5, 5.41) is 84.0. The highest BCUT2D eigenvalue weighted by molar-refractivity contribution is 8.76. The highest BCUT2D eigenvalue weighted by Crippen LogP contribution is 2.46. The van der Waals surface area contributed by atoms with Crippen LogP contribution in [-0.4, -0.2) is 420 Å². The smallest absolute Gasteiger partial charge is 0.271 e. The van der Waals surface area contributed by atoms with Crippen molar-refractivity contribution in [3.05, 3.63) is 60.1 Å². The third kappa shape index (κ3) is 41.4. The first-order valence-electron chi connectivity index (χ1n) is 50.1. The SMILES string of the molecule is CCC1C(C)C(NC(C)=O)C2OCC1(COCCOCCOCCOCCn1cc(COCC(COCc3cn(CCOCCOCCCOCCOCC45COC(CC(O)C4O)O5)nn3)(COCc3cn(CCOCCOCCOCCOCC45COC(O4)C(NC(C)=O)C(O)C5O)nn3)NC(=O)CCCCCNC(=O)CCCCCOC3OCC(NC(=O)CCCCCSSc4ccccn4)CO3)nn1)O2. The van der Waals surface area contributed by atoms with E-state index in [-0.39, 0.29) is 166 Å². The maximum atomic E-state index is 14.4. The molecule has 7 fully saturated rings. The van der Waals surface area contributed by atoms with Gasteiger partial charge in [0.2, 0.25) is 29.5 Å². The van der Waals surface area contributed by atoms with Crippen LogP contribution in [0.25, 0.3) is 0 Å². The van der Waals surface area contributed by atoms with Crippen LogP contribution in [0.3, 0.4) is 0 Å². The molecule has 0 aliphatic carbocycles. The number of carbonyl (C=O) groups excluding carboxylic acids is 5. The van der Waals surface area contributed by atoms with Crippen LogP contribution >= 0.6 is 21.6 Å². The lowest BCUT2D eigenvalue weighted by atomic mass is 9.73. The number of aromatic nitrogens is 10.